The van der Waals surface area contributed by atoms with Crippen LogP contribution in [0.15, 0.2) is 42.6 Å². The Balaban J connectivity index is 1.73. The van der Waals surface area contributed by atoms with Gasteiger partial charge < -0.3 is 4.90 Å². The number of likely N-dealkylation sites (tertiary alicyclic amines) is 1. The smallest absolute Gasteiger partial charge is 0.246 e. The first-order valence-corrected chi connectivity index (χ1v) is 7.48. The predicted octanol–water partition coefficient (Wildman–Crippen LogP) is 3.01. The van der Waals surface area contributed by atoms with E-state index in [9.17, 15) is 4.79 Å². The molecule has 0 radical (unpaired) electrons. The van der Waals surface area contributed by atoms with Crippen molar-refractivity contribution < 1.29 is 4.79 Å². The van der Waals surface area contributed by atoms with Gasteiger partial charge in [0.05, 0.1) is 11.6 Å². The fourth-order valence-corrected chi connectivity index (χ4v) is 2.76. The van der Waals surface area contributed by atoms with Gasteiger partial charge >= 0.3 is 0 Å². The second kappa shape index (κ2) is 6.40. The zero-order valence-corrected chi connectivity index (χ0v) is 12.3. The molecule has 1 aliphatic heterocycles. The maximum atomic E-state index is 12.2. The zero-order valence-electron chi connectivity index (χ0n) is 12.3. The number of benzene rings is 1. The molecule has 2 aromatic rings. The SMILES string of the molecule is N#CC1CCN(C(=O)C=Cc2ccnc3ccccc23)CC1. The van der Waals surface area contributed by atoms with Crippen LogP contribution in [0.2, 0.25) is 0 Å². The number of carbonyl (C=O) groups is 1. The van der Waals surface area contributed by atoms with Crippen LogP contribution >= 0.6 is 0 Å². The number of pyridine rings is 1. The Labute approximate surface area is 129 Å². The summed E-state index contributed by atoms with van der Waals surface area (Å²) in [5, 5.41) is 9.93. The highest BCUT2D eigenvalue weighted by molar-refractivity contribution is 5.95. The molecule has 0 aliphatic carbocycles. The van der Waals surface area contributed by atoms with Crippen molar-refractivity contribution >= 4 is 22.9 Å². The van der Waals surface area contributed by atoms with Gasteiger partial charge in [-0.3, -0.25) is 9.78 Å². The quantitative estimate of drug-likeness (QED) is 0.799. The molecule has 110 valence electrons. The summed E-state index contributed by atoms with van der Waals surface area (Å²) in [4.78, 5) is 18.4. The number of amides is 1. The number of fused-ring (bicyclic) bond motifs is 1. The summed E-state index contributed by atoms with van der Waals surface area (Å²) in [5.74, 6) is 0.106. The van der Waals surface area contributed by atoms with Crippen LogP contribution in [0.3, 0.4) is 0 Å². The van der Waals surface area contributed by atoms with Gasteiger partial charge in [-0.1, -0.05) is 18.2 Å². The first-order chi connectivity index (χ1) is 10.8. The molecule has 0 saturated carbocycles. The van der Waals surface area contributed by atoms with E-state index in [1.807, 2.05) is 41.3 Å². The number of hydrogen-bond acceptors (Lipinski definition) is 3. The molecule has 2 heterocycles. The molecule has 0 unspecified atom stereocenters. The number of aromatic nitrogens is 1. The van der Waals surface area contributed by atoms with Crippen molar-refractivity contribution in [1.29, 1.82) is 5.26 Å². The van der Waals surface area contributed by atoms with Gasteiger partial charge in [0.15, 0.2) is 0 Å². The van der Waals surface area contributed by atoms with Crippen LogP contribution in [0.4, 0.5) is 0 Å². The molecule has 0 N–H and O–H groups in total. The topological polar surface area (TPSA) is 57.0 Å². The average Bonchev–Trinajstić information content (AvgIpc) is 2.59. The van der Waals surface area contributed by atoms with E-state index < -0.39 is 0 Å². The van der Waals surface area contributed by atoms with Gasteiger partial charge in [0, 0.05) is 36.7 Å². The Morgan fingerprint density at radius 3 is 2.82 bits per heavy atom. The molecule has 1 saturated heterocycles. The number of piperidine rings is 1. The maximum Gasteiger partial charge on any atom is 0.246 e. The third-order valence-electron chi connectivity index (χ3n) is 4.08. The second-order valence-electron chi connectivity index (χ2n) is 5.48. The van der Waals surface area contributed by atoms with E-state index in [1.54, 1.807) is 12.3 Å². The third-order valence-corrected chi connectivity index (χ3v) is 4.08. The number of nitrogens with zero attached hydrogens (tertiary/aromatic N) is 3. The normalized spacial score (nSPS) is 16.0. The monoisotopic (exact) mass is 291 g/mol. The van der Waals surface area contributed by atoms with Crippen molar-refractivity contribution in [2.24, 2.45) is 5.92 Å². The van der Waals surface area contributed by atoms with Crippen LogP contribution in [-0.4, -0.2) is 28.9 Å². The summed E-state index contributed by atoms with van der Waals surface area (Å²) in [7, 11) is 0. The summed E-state index contributed by atoms with van der Waals surface area (Å²) in [6, 6.07) is 12.1. The molecule has 1 aromatic heterocycles. The van der Waals surface area contributed by atoms with Crippen LogP contribution in [0.25, 0.3) is 17.0 Å². The van der Waals surface area contributed by atoms with E-state index in [-0.39, 0.29) is 11.8 Å². The summed E-state index contributed by atoms with van der Waals surface area (Å²) < 4.78 is 0. The second-order valence-corrected chi connectivity index (χ2v) is 5.48. The molecule has 4 heteroatoms. The van der Waals surface area contributed by atoms with Crippen molar-refractivity contribution in [2.75, 3.05) is 13.1 Å². The first-order valence-electron chi connectivity index (χ1n) is 7.48. The molecule has 22 heavy (non-hydrogen) atoms. The number of para-hydroxylation sites is 1. The van der Waals surface area contributed by atoms with Gasteiger partial charge in [-0.2, -0.15) is 5.26 Å². The molecule has 0 atom stereocenters. The standard InChI is InChI=1S/C18H17N3O/c19-13-14-8-11-21(12-9-14)18(22)6-5-15-7-10-20-17-4-2-1-3-16(15)17/h1-7,10,14H,8-9,11-12H2. The van der Waals surface area contributed by atoms with Gasteiger partial charge in [0.2, 0.25) is 5.91 Å². The van der Waals surface area contributed by atoms with Crippen LogP contribution in [0, 0.1) is 17.2 Å². The van der Waals surface area contributed by atoms with Crippen molar-refractivity contribution in [3.8, 4) is 6.07 Å². The predicted molar refractivity (Wildman–Crippen MR) is 85.7 cm³/mol. The summed E-state index contributed by atoms with van der Waals surface area (Å²) in [6.07, 6.45) is 6.77. The minimum Gasteiger partial charge on any atom is -0.339 e. The van der Waals surface area contributed by atoms with Crippen molar-refractivity contribution in [3.63, 3.8) is 0 Å². The molecule has 4 nitrogen and oxygen atoms in total. The van der Waals surface area contributed by atoms with Gasteiger partial charge in [0.1, 0.15) is 0 Å². The van der Waals surface area contributed by atoms with Crippen LogP contribution < -0.4 is 0 Å². The van der Waals surface area contributed by atoms with Crippen molar-refractivity contribution in [2.45, 2.75) is 12.8 Å². The Morgan fingerprint density at radius 2 is 2.05 bits per heavy atom. The van der Waals surface area contributed by atoms with Crippen LogP contribution in [-0.2, 0) is 4.79 Å². The van der Waals surface area contributed by atoms with Gasteiger partial charge in [-0.25, -0.2) is 0 Å². The van der Waals surface area contributed by atoms with Crippen LogP contribution in [0.1, 0.15) is 18.4 Å². The highest BCUT2D eigenvalue weighted by atomic mass is 16.2. The molecule has 1 fully saturated rings. The lowest BCUT2D eigenvalue weighted by atomic mass is 9.98. The van der Waals surface area contributed by atoms with E-state index >= 15 is 0 Å². The third kappa shape index (κ3) is 2.99. The molecule has 1 aromatic carbocycles. The number of carbonyl (C=O) groups excluding carboxylic acids is 1. The Kier molecular flexibility index (Phi) is 4.15. The van der Waals surface area contributed by atoms with E-state index in [1.165, 1.54) is 0 Å². The van der Waals surface area contributed by atoms with Gasteiger partial charge in [-0.05, 0) is 36.6 Å². The molecule has 1 aliphatic rings. The lowest BCUT2D eigenvalue weighted by molar-refractivity contribution is -0.127. The summed E-state index contributed by atoms with van der Waals surface area (Å²) in [5.41, 5.74) is 1.91. The molecular formula is C18H17N3O. The molecule has 1 amide bonds. The zero-order chi connectivity index (χ0) is 15.4. The lowest BCUT2D eigenvalue weighted by Gasteiger charge is -2.28. The number of rotatable bonds is 2. The minimum absolute atomic E-state index is 0.0114. The van der Waals surface area contributed by atoms with Gasteiger partial charge in [0.25, 0.3) is 0 Å². The Morgan fingerprint density at radius 1 is 1.27 bits per heavy atom. The van der Waals surface area contributed by atoms with Crippen molar-refractivity contribution in [3.05, 3.63) is 48.2 Å². The Hall–Kier alpha value is -2.67. The van der Waals surface area contributed by atoms with E-state index in [0.717, 1.165) is 29.3 Å². The molecule has 0 spiro atoms. The largest absolute Gasteiger partial charge is 0.339 e. The summed E-state index contributed by atoms with van der Waals surface area (Å²) >= 11 is 0. The maximum absolute atomic E-state index is 12.2. The lowest BCUT2D eigenvalue weighted by Crippen LogP contribution is -2.37. The number of nitriles is 1. The van der Waals surface area contributed by atoms with Crippen LogP contribution in [0.5, 0.6) is 0 Å². The Bertz CT molecular complexity index is 747. The fraction of sp³-hybridized carbons (Fsp3) is 0.278. The van der Waals surface area contributed by atoms with E-state index in [2.05, 4.69) is 11.1 Å². The van der Waals surface area contributed by atoms with Crippen molar-refractivity contribution in [1.82, 2.24) is 9.88 Å². The fourth-order valence-electron chi connectivity index (χ4n) is 2.76. The van der Waals surface area contributed by atoms with Gasteiger partial charge in [-0.15, -0.1) is 0 Å². The number of hydrogen-bond donors (Lipinski definition) is 0. The van der Waals surface area contributed by atoms with E-state index in [0.29, 0.717) is 13.1 Å². The highest BCUT2D eigenvalue weighted by Crippen LogP contribution is 2.19. The molecule has 0 bridgehead atoms. The highest BCUT2D eigenvalue weighted by Gasteiger charge is 2.20. The minimum atomic E-state index is 0.0114. The summed E-state index contributed by atoms with van der Waals surface area (Å²) in [6.45, 7) is 1.33. The molecule has 3 rings (SSSR count). The first kappa shape index (κ1) is 14.3. The van der Waals surface area contributed by atoms with E-state index in [4.69, 9.17) is 5.26 Å². The molecular weight excluding hydrogens is 274 g/mol. The average molecular weight is 291 g/mol.